The fourth-order valence-electron chi connectivity index (χ4n) is 3.98. The lowest BCUT2D eigenvalue weighted by Crippen LogP contribution is -2.27. The second kappa shape index (κ2) is 8.91. The normalized spacial score (nSPS) is 16.9. The summed E-state index contributed by atoms with van der Waals surface area (Å²) in [4.78, 5) is 11.4. The van der Waals surface area contributed by atoms with E-state index in [-0.39, 0.29) is 6.61 Å². The first-order chi connectivity index (χ1) is 14.6. The minimum atomic E-state index is 0.175. The van der Waals surface area contributed by atoms with Gasteiger partial charge >= 0.3 is 0 Å². The largest absolute Gasteiger partial charge is 0.395 e. The number of benzene rings is 1. The molecule has 30 heavy (non-hydrogen) atoms. The molecule has 3 N–H and O–H groups in total. The molecule has 2 aromatic heterocycles. The van der Waals surface area contributed by atoms with Gasteiger partial charge in [0.2, 0.25) is 5.95 Å². The van der Waals surface area contributed by atoms with E-state index >= 15 is 0 Å². The van der Waals surface area contributed by atoms with Crippen molar-refractivity contribution < 1.29 is 5.11 Å². The van der Waals surface area contributed by atoms with Gasteiger partial charge in [0.1, 0.15) is 0 Å². The van der Waals surface area contributed by atoms with Gasteiger partial charge in [0.15, 0.2) is 0 Å². The topological polar surface area (TPSA) is 91.1 Å². The number of fused-ring (bicyclic) bond motifs is 1. The highest BCUT2D eigenvalue weighted by molar-refractivity contribution is 5.64. The van der Waals surface area contributed by atoms with Gasteiger partial charge in [0.05, 0.1) is 29.9 Å². The van der Waals surface area contributed by atoms with Crippen LogP contribution in [0.4, 0.5) is 11.6 Å². The number of hydrogen-bond acceptors (Lipinski definition) is 7. The van der Waals surface area contributed by atoms with Crippen molar-refractivity contribution in [1.82, 2.24) is 30.0 Å². The van der Waals surface area contributed by atoms with Gasteiger partial charge in [0.25, 0.3) is 0 Å². The molecular formula is C22H29N7O. The molecule has 8 heteroatoms. The van der Waals surface area contributed by atoms with Crippen molar-refractivity contribution in [2.24, 2.45) is 7.05 Å². The van der Waals surface area contributed by atoms with Crippen LogP contribution in [0.25, 0.3) is 11.3 Å². The molecule has 1 unspecified atom stereocenters. The second-order valence-corrected chi connectivity index (χ2v) is 7.70. The second-order valence-electron chi connectivity index (χ2n) is 7.70. The molecule has 8 nitrogen and oxygen atoms in total. The van der Waals surface area contributed by atoms with E-state index in [9.17, 15) is 5.11 Å². The van der Waals surface area contributed by atoms with Crippen LogP contribution in [-0.4, -0.2) is 56.5 Å². The Balaban J connectivity index is 1.64. The van der Waals surface area contributed by atoms with Crippen LogP contribution in [0.5, 0.6) is 0 Å². The minimum Gasteiger partial charge on any atom is -0.395 e. The Morgan fingerprint density at radius 1 is 1.27 bits per heavy atom. The number of nitrogens with zero attached hydrogens (tertiary/aromatic N) is 5. The van der Waals surface area contributed by atoms with Gasteiger partial charge in [-0.3, -0.25) is 9.58 Å². The number of anilines is 2. The fourth-order valence-corrected chi connectivity index (χ4v) is 3.98. The minimum absolute atomic E-state index is 0.175. The van der Waals surface area contributed by atoms with E-state index in [1.807, 2.05) is 31.8 Å². The van der Waals surface area contributed by atoms with E-state index in [1.165, 1.54) is 11.1 Å². The van der Waals surface area contributed by atoms with E-state index < -0.39 is 0 Å². The summed E-state index contributed by atoms with van der Waals surface area (Å²) in [6.07, 6.45) is 4.58. The molecular weight excluding hydrogens is 378 g/mol. The number of aliphatic hydroxyl groups is 1. The van der Waals surface area contributed by atoms with Crippen LogP contribution in [0.2, 0.25) is 0 Å². The number of β-amino-alcohol motifs (C(OH)–C–C–N with tert-alkyl or cyclic N) is 1. The molecule has 0 spiro atoms. The smallest absolute Gasteiger partial charge is 0.227 e. The zero-order valence-electron chi connectivity index (χ0n) is 17.8. The summed E-state index contributed by atoms with van der Waals surface area (Å²) >= 11 is 0. The molecule has 0 saturated carbocycles. The first-order valence-electron chi connectivity index (χ1n) is 10.3. The van der Waals surface area contributed by atoms with Gasteiger partial charge in [-0.05, 0) is 43.7 Å². The van der Waals surface area contributed by atoms with Gasteiger partial charge < -0.3 is 15.7 Å². The summed E-state index contributed by atoms with van der Waals surface area (Å²) in [5.74, 6) is 0.550. The van der Waals surface area contributed by atoms with Crippen LogP contribution in [0.3, 0.4) is 0 Å². The molecule has 158 valence electrons. The number of nitrogens with one attached hydrogen (secondary N) is 2. The van der Waals surface area contributed by atoms with Crippen molar-refractivity contribution in [2.75, 3.05) is 32.1 Å². The zero-order chi connectivity index (χ0) is 21.1. The monoisotopic (exact) mass is 407 g/mol. The Hall–Kier alpha value is -2.81. The van der Waals surface area contributed by atoms with Crippen molar-refractivity contribution in [1.29, 1.82) is 0 Å². The van der Waals surface area contributed by atoms with E-state index in [1.54, 1.807) is 12.4 Å². The van der Waals surface area contributed by atoms with Crippen molar-refractivity contribution in [3.63, 3.8) is 0 Å². The van der Waals surface area contributed by atoms with Gasteiger partial charge in [-0.15, -0.1) is 0 Å². The zero-order valence-corrected chi connectivity index (χ0v) is 17.8. The molecule has 3 heterocycles. The van der Waals surface area contributed by atoms with Crippen molar-refractivity contribution in [3.8, 4) is 11.3 Å². The summed E-state index contributed by atoms with van der Waals surface area (Å²) in [5, 5.41) is 20.4. The highest BCUT2D eigenvalue weighted by Crippen LogP contribution is 2.30. The van der Waals surface area contributed by atoms with Crippen LogP contribution < -0.4 is 10.6 Å². The molecule has 4 rings (SSSR count). The number of hydrogen-bond donors (Lipinski definition) is 3. The predicted molar refractivity (Wildman–Crippen MR) is 117 cm³/mol. The molecule has 1 aliphatic heterocycles. The Morgan fingerprint density at radius 3 is 2.87 bits per heavy atom. The molecule has 1 aliphatic rings. The molecule has 0 amide bonds. The number of aromatic nitrogens is 4. The molecule has 0 saturated heterocycles. The summed E-state index contributed by atoms with van der Waals surface area (Å²) in [7, 11) is 3.92. The van der Waals surface area contributed by atoms with Crippen LogP contribution in [0.1, 0.15) is 29.3 Å². The predicted octanol–water partition coefficient (Wildman–Crippen LogP) is 2.39. The van der Waals surface area contributed by atoms with Crippen molar-refractivity contribution >= 4 is 11.6 Å². The van der Waals surface area contributed by atoms with Gasteiger partial charge in [-0.2, -0.15) is 5.10 Å². The Bertz CT molecular complexity index is 1020. The van der Waals surface area contributed by atoms with Crippen LogP contribution in [0, 0.1) is 6.92 Å². The molecule has 1 aromatic carbocycles. The van der Waals surface area contributed by atoms with Crippen LogP contribution in [-0.2, 0) is 13.6 Å². The average molecular weight is 408 g/mol. The summed E-state index contributed by atoms with van der Waals surface area (Å²) in [5.41, 5.74) is 6.44. The van der Waals surface area contributed by atoms with Crippen LogP contribution >= 0.6 is 0 Å². The number of aryl methyl sites for hydroxylation is 1. The summed E-state index contributed by atoms with van der Waals surface area (Å²) < 4.78 is 1.81. The summed E-state index contributed by atoms with van der Waals surface area (Å²) in [6.45, 7) is 4.65. The highest BCUT2D eigenvalue weighted by Gasteiger charge is 2.21. The van der Waals surface area contributed by atoms with Gasteiger partial charge in [0, 0.05) is 44.5 Å². The molecule has 0 fully saturated rings. The average Bonchev–Trinajstić information content (AvgIpc) is 2.97. The quantitative estimate of drug-likeness (QED) is 0.578. The van der Waals surface area contributed by atoms with Crippen LogP contribution in [0.15, 0.2) is 36.7 Å². The van der Waals surface area contributed by atoms with E-state index in [4.69, 9.17) is 4.98 Å². The molecule has 1 atom stereocenters. The van der Waals surface area contributed by atoms with E-state index in [2.05, 4.69) is 43.8 Å². The maximum atomic E-state index is 9.40. The third-order valence-corrected chi connectivity index (χ3v) is 5.84. The van der Waals surface area contributed by atoms with E-state index in [0.717, 1.165) is 42.1 Å². The van der Waals surface area contributed by atoms with Gasteiger partial charge in [-0.25, -0.2) is 9.97 Å². The van der Waals surface area contributed by atoms with Crippen molar-refractivity contribution in [2.45, 2.75) is 25.9 Å². The first-order valence-corrected chi connectivity index (χ1v) is 10.3. The molecule has 3 aromatic rings. The Morgan fingerprint density at radius 2 is 2.13 bits per heavy atom. The van der Waals surface area contributed by atoms with Gasteiger partial charge in [-0.1, -0.05) is 12.1 Å². The fraction of sp³-hybridized carbons (Fsp3) is 0.409. The SMILES string of the molecule is CNC1CCN(CCO)Cc2cc(-c3ccnc(Nc4cnn(C)c4C)n3)ccc21. The standard InChI is InChI=1S/C22H29N7O/c1-15-21(13-25-28(15)3)27-22-24-8-6-19(26-22)16-4-5-18-17(12-16)14-29(10-11-30)9-7-20(18)23-2/h4-6,8,12-13,20,23,30H,7,9-11,14H2,1-3H3,(H,24,26,27). The first kappa shape index (κ1) is 20.5. The maximum absolute atomic E-state index is 9.40. The summed E-state index contributed by atoms with van der Waals surface area (Å²) in [6, 6.07) is 8.80. The maximum Gasteiger partial charge on any atom is 0.227 e. The number of rotatable bonds is 6. The number of aliphatic hydroxyl groups excluding tert-OH is 1. The molecule has 0 aliphatic carbocycles. The van der Waals surface area contributed by atoms with E-state index in [0.29, 0.717) is 18.5 Å². The Labute approximate surface area is 177 Å². The lowest BCUT2D eigenvalue weighted by Gasteiger charge is -2.19. The Kier molecular flexibility index (Phi) is 6.08. The third-order valence-electron chi connectivity index (χ3n) is 5.84. The molecule has 0 radical (unpaired) electrons. The lowest BCUT2D eigenvalue weighted by atomic mass is 9.96. The highest BCUT2D eigenvalue weighted by atomic mass is 16.3. The third kappa shape index (κ3) is 4.21. The lowest BCUT2D eigenvalue weighted by molar-refractivity contribution is 0.189. The molecule has 0 bridgehead atoms. The van der Waals surface area contributed by atoms with Crippen molar-refractivity contribution in [3.05, 3.63) is 53.5 Å².